The molecule has 6 nitrogen and oxygen atoms in total. The van der Waals surface area contributed by atoms with Gasteiger partial charge in [-0.15, -0.1) is 0 Å². The fourth-order valence-electron chi connectivity index (χ4n) is 1.69. The number of benzene rings is 1. The number of nitrogens with one attached hydrogen (secondary N) is 1. The highest BCUT2D eigenvalue weighted by Gasteiger charge is 2.24. The second-order valence-electron chi connectivity index (χ2n) is 4.84. The first-order chi connectivity index (χ1) is 9.64. The zero-order valence-electron chi connectivity index (χ0n) is 12.2. The normalized spacial score (nSPS) is 14.1. The minimum atomic E-state index is -3.75. The Kier molecular flexibility index (Phi) is 6.58. The standard InChI is InChI=1S/C13H20ClNO5S/c1-13(2,16)20-12(8-9-19-21(17,18)15-3)10-6-4-5-7-11(10)14/h4-7,12,15-16H,8-9H2,1-3H3. The minimum Gasteiger partial charge on any atom is -0.366 e. The fourth-order valence-corrected chi connectivity index (χ4v) is 2.38. The Labute approximate surface area is 130 Å². The Morgan fingerprint density at radius 1 is 1.38 bits per heavy atom. The van der Waals surface area contributed by atoms with Crippen LogP contribution in [0.15, 0.2) is 24.3 Å². The molecule has 1 aromatic rings. The number of hydrogen-bond donors (Lipinski definition) is 2. The molecular formula is C13H20ClNO5S. The Morgan fingerprint density at radius 3 is 2.52 bits per heavy atom. The number of hydrogen-bond acceptors (Lipinski definition) is 5. The van der Waals surface area contributed by atoms with Gasteiger partial charge in [0.05, 0.1) is 12.7 Å². The van der Waals surface area contributed by atoms with Gasteiger partial charge in [-0.2, -0.15) is 13.1 Å². The average Bonchev–Trinajstić information content (AvgIpc) is 2.36. The molecule has 120 valence electrons. The van der Waals surface area contributed by atoms with E-state index in [4.69, 9.17) is 20.5 Å². The second-order valence-corrected chi connectivity index (χ2v) is 6.80. The van der Waals surface area contributed by atoms with Crippen LogP contribution in [0.5, 0.6) is 0 Å². The first-order valence-corrected chi connectivity index (χ1v) is 8.16. The van der Waals surface area contributed by atoms with Crippen molar-refractivity contribution in [3.05, 3.63) is 34.9 Å². The molecule has 0 amide bonds. The summed E-state index contributed by atoms with van der Waals surface area (Å²) in [6, 6.07) is 7.01. The third-order valence-electron chi connectivity index (χ3n) is 2.55. The molecular weight excluding hydrogens is 318 g/mol. The molecule has 0 spiro atoms. The SMILES string of the molecule is CNS(=O)(=O)OCCC(OC(C)(C)O)c1ccccc1Cl. The van der Waals surface area contributed by atoms with Gasteiger partial charge in [-0.1, -0.05) is 29.8 Å². The summed E-state index contributed by atoms with van der Waals surface area (Å²) in [5.41, 5.74) is 0.659. The maximum atomic E-state index is 11.2. The van der Waals surface area contributed by atoms with Crippen LogP contribution in [-0.2, 0) is 19.2 Å². The van der Waals surface area contributed by atoms with Crippen molar-refractivity contribution in [3.8, 4) is 0 Å². The number of rotatable bonds is 8. The second kappa shape index (κ2) is 7.53. The van der Waals surface area contributed by atoms with Crippen molar-refractivity contribution in [1.82, 2.24) is 4.72 Å². The van der Waals surface area contributed by atoms with E-state index in [1.54, 1.807) is 24.3 Å². The largest absolute Gasteiger partial charge is 0.366 e. The van der Waals surface area contributed by atoms with E-state index < -0.39 is 22.2 Å². The highest BCUT2D eigenvalue weighted by atomic mass is 35.5. The monoisotopic (exact) mass is 337 g/mol. The number of ether oxygens (including phenoxy) is 1. The Morgan fingerprint density at radius 2 is 2.00 bits per heavy atom. The lowest BCUT2D eigenvalue weighted by molar-refractivity contribution is -0.210. The molecule has 0 aromatic heterocycles. The fraction of sp³-hybridized carbons (Fsp3) is 0.538. The van der Waals surface area contributed by atoms with E-state index in [-0.39, 0.29) is 13.0 Å². The molecule has 0 aliphatic rings. The summed E-state index contributed by atoms with van der Waals surface area (Å²) in [7, 11) is -2.49. The number of aliphatic hydroxyl groups is 1. The molecule has 0 bridgehead atoms. The molecule has 1 atom stereocenters. The molecule has 0 radical (unpaired) electrons. The van der Waals surface area contributed by atoms with Crippen molar-refractivity contribution in [2.45, 2.75) is 32.2 Å². The Balaban J connectivity index is 2.82. The van der Waals surface area contributed by atoms with Crippen molar-refractivity contribution in [1.29, 1.82) is 0 Å². The van der Waals surface area contributed by atoms with Crippen molar-refractivity contribution in [2.24, 2.45) is 0 Å². The van der Waals surface area contributed by atoms with Gasteiger partial charge in [0.25, 0.3) is 0 Å². The van der Waals surface area contributed by atoms with E-state index in [1.807, 2.05) is 4.72 Å². The van der Waals surface area contributed by atoms with Crippen molar-refractivity contribution in [2.75, 3.05) is 13.7 Å². The van der Waals surface area contributed by atoms with Gasteiger partial charge in [0.15, 0.2) is 5.79 Å². The lowest BCUT2D eigenvalue weighted by Gasteiger charge is -2.27. The summed E-state index contributed by atoms with van der Waals surface area (Å²) in [5.74, 6) is -1.38. The maximum absolute atomic E-state index is 11.2. The van der Waals surface area contributed by atoms with Crippen LogP contribution < -0.4 is 4.72 Å². The van der Waals surface area contributed by atoms with Crippen LogP contribution in [0.25, 0.3) is 0 Å². The summed E-state index contributed by atoms with van der Waals surface area (Å²) >= 11 is 6.11. The smallest absolute Gasteiger partial charge is 0.335 e. The van der Waals surface area contributed by atoms with Gasteiger partial charge in [-0.05, 0) is 25.5 Å². The van der Waals surface area contributed by atoms with Gasteiger partial charge in [0, 0.05) is 18.5 Å². The summed E-state index contributed by atoms with van der Waals surface area (Å²) in [4.78, 5) is 0. The summed E-state index contributed by atoms with van der Waals surface area (Å²) in [6.45, 7) is 2.87. The predicted octanol–water partition coefficient (Wildman–Crippen LogP) is 2.00. The molecule has 2 N–H and O–H groups in total. The lowest BCUT2D eigenvalue weighted by atomic mass is 10.1. The van der Waals surface area contributed by atoms with E-state index in [0.29, 0.717) is 10.6 Å². The van der Waals surface area contributed by atoms with Crippen LogP contribution in [0.3, 0.4) is 0 Å². The van der Waals surface area contributed by atoms with Crippen LogP contribution >= 0.6 is 11.6 Å². The highest BCUT2D eigenvalue weighted by molar-refractivity contribution is 7.84. The summed E-state index contributed by atoms with van der Waals surface area (Å²) in [5, 5.41) is 10.3. The van der Waals surface area contributed by atoms with Gasteiger partial charge in [-0.3, -0.25) is 4.18 Å². The van der Waals surface area contributed by atoms with Gasteiger partial charge in [0.1, 0.15) is 0 Å². The topological polar surface area (TPSA) is 84.9 Å². The van der Waals surface area contributed by atoms with Gasteiger partial charge in [-0.25, -0.2) is 0 Å². The van der Waals surface area contributed by atoms with Crippen LogP contribution in [0.1, 0.15) is 31.9 Å². The zero-order valence-corrected chi connectivity index (χ0v) is 13.7. The molecule has 0 saturated carbocycles. The van der Waals surface area contributed by atoms with Crippen molar-refractivity contribution in [3.63, 3.8) is 0 Å². The van der Waals surface area contributed by atoms with Crippen LogP contribution in [0.2, 0.25) is 5.02 Å². The van der Waals surface area contributed by atoms with E-state index in [0.717, 1.165) is 0 Å². The highest BCUT2D eigenvalue weighted by Crippen LogP contribution is 2.31. The third-order valence-corrected chi connectivity index (χ3v) is 3.87. The summed E-state index contributed by atoms with van der Waals surface area (Å²) < 4.78 is 34.8. The van der Waals surface area contributed by atoms with Gasteiger partial charge < -0.3 is 9.84 Å². The van der Waals surface area contributed by atoms with Crippen LogP contribution in [-0.4, -0.2) is 33.0 Å². The van der Waals surface area contributed by atoms with E-state index >= 15 is 0 Å². The van der Waals surface area contributed by atoms with Gasteiger partial charge >= 0.3 is 10.3 Å². The molecule has 1 rings (SSSR count). The molecule has 1 aromatic carbocycles. The molecule has 0 aliphatic heterocycles. The van der Waals surface area contributed by atoms with E-state index in [1.165, 1.54) is 20.9 Å². The van der Waals surface area contributed by atoms with Crippen LogP contribution in [0.4, 0.5) is 0 Å². The number of halogens is 1. The molecule has 21 heavy (non-hydrogen) atoms. The molecule has 8 heteroatoms. The molecule has 1 unspecified atom stereocenters. The minimum absolute atomic E-state index is 0.102. The van der Waals surface area contributed by atoms with Crippen molar-refractivity contribution >= 4 is 21.9 Å². The molecule has 0 heterocycles. The maximum Gasteiger partial charge on any atom is 0.335 e. The first-order valence-electron chi connectivity index (χ1n) is 6.37. The van der Waals surface area contributed by atoms with E-state index in [9.17, 15) is 13.5 Å². The van der Waals surface area contributed by atoms with Crippen molar-refractivity contribution < 1.29 is 22.4 Å². The zero-order chi connectivity index (χ0) is 16.1. The molecule has 0 aliphatic carbocycles. The molecule has 0 fully saturated rings. The Hall–Kier alpha value is -0.700. The molecule has 0 saturated heterocycles. The van der Waals surface area contributed by atoms with E-state index in [2.05, 4.69) is 0 Å². The quantitative estimate of drug-likeness (QED) is 0.709. The van der Waals surface area contributed by atoms with Crippen LogP contribution in [0, 0.1) is 0 Å². The Bertz CT molecular complexity index is 556. The third kappa shape index (κ3) is 6.73. The average molecular weight is 338 g/mol. The predicted molar refractivity (Wildman–Crippen MR) is 80.1 cm³/mol. The lowest BCUT2D eigenvalue weighted by Crippen LogP contribution is -2.28. The first kappa shape index (κ1) is 18.3. The van der Waals surface area contributed by atoms with Gasteiger partial charge in [0.2, 0.25) is 0 Å². The summed E-state index contributed by atoms with van der Waals surface area (Å²) in [6.07, 6.45) is -0.375.